The third-order valence-electron chi connectivity index (χ3n) is 5.18. The van der Waals surface area contributed by atoms with E-state index in [1.54, 1.807) is 0 Å². The summed E-state index contributed by atoms with van der Waals surface area (Å²) in [5.74, 6) is 0. The zero-order valence-corrected chi connectivity index (χ0v) is 15.2. The van der Waals surface area contributed by atoms with Crippen molar-refractivity contribution in [3.8, 4) is 0 Å². The molecule has 24 heavy (non-hydrogen) atoms. The molecule has 124 valence electrons. The van der Waals surface area contributed by atoms with Crippen LogP contribution in [0.15, 0.2) is 60.7 Å². The Morgan fingerprint density at radius 3 is 1.58 bits per heavy atom. The normalized spacial score (nSPS) is 20.0. The molecule has 2 aromatic rings. The van der Waals surface area contributed by atoms with E-state index in [1.165, 1.54) is 11.1 Å². The van der Waals surface area contributed by atoms with Gasteiger partial charge in [-0.05, 0) is 56.8 Å². The van der Waals surface area contributed by atoms with Gasteiger partial charge in [-0.25, -0.2) is 0 Å². The third kappa shape index (κ3) is 3.06. The summed E-state index contributed by atoms with van der Waals surface area (Å²) in [6, 6.07) is 20.8. The van der Waals surface area contributed by atoms with Gasteiger partial charge < -0.3 is 9.31 Å². The molecule has 1 aliphatic rings. The minimum absolute atomic E-state index is 0.353. The van der Waals surface area contributed by atoms with Crippen LogP contribution in [0.25, 0.3) is 11.0 Å². The highest BCUT2D eigenvalue weighted by Gasteiger charge is 2.52. The van der Waals surface area contributed by atoms with Crippen LogP contribution in [0.2, 0.25) is 0 Å². The molecule has 0 amide bonds. The summed E-state index contributed by atoms with van der Waals surface area (Å²) in [7, 11) is -0.377. The van der Waals surface area contributed by atoms with Gasteiger partial charge in [0, 0.05) is 0 Å². The summed E-state index contributed by atoms with van der Waals surface area (Å²) in [4.78, 5) is 0. The molecule has 3 heteroatoms. The maximum absolute atomic E-state index is 6.34. The van der Waals surface area contributed by atoms with Crippen molar-refractivity contribution in [2.45, 2.75) is 45.8 Å². The molecule has 1 heterocycles. The van der Waals surface area contributed by atoms with E-state index in [-0.39, 0.29) is 18.3 Å². The van der Waals surface area contributed by atoms with Gasteiger partial charge in [0.1, 0.15) is 0 Å². The highest BCUT2D eigenvalue weighted by molar-refractivity contribution is 6.71. The lowest BCUT2D eigenvalue weighted by atomic mass is 9.70. The molecule has 1 fully saturated rings. The quantitative estimate of drug-likeness (QED) is 0.568. The molecule has 2 nitrogen and oxygen atoms in total. The fourth-order valence-corrected chi connectivity index (χ4v) is 2.95. The van der Waals surface area contributed by atoms with Crippen LogP contribution in [0.3, 0.4) is 0 Å². The van der Waals surface area contributed by atoms with Gasteiger partial charge in [0.2, 0.25) is 0 Å². The second kappa shape index (κ2) is 6.23. The minimum atomic E-state index is -0.377. The Balaban J connectivity index is 2.12. The fourth-order valence-electron chi connectivity index (χ4n) is 2.95. The Morgan fingerprint density at radius 2 is 1.12 bits per heavy atom. The highest BCUT2D eigenvalue weighted by atomic mass is 16.7. The Morgan fingerprint density at radius 1 is 0.708 bits per heavy atom. The molecule has 0 radical (unpaired) electrons. The predicted octanol–water partition coefficient (Wildman–Crippen LogP) is 5.25. The summed E-state index contributed by atoms with van der Waals surface area (Å²) in [6.45, 7) is 10.5. The first-order valence-electron chi connectivity index (χ1n) is 8.49. The maximum Gasteiger partial charge on any atom is 0.495 e. The van der Waals surface area contributed by atoms with E-state index >= 15 is 0 Å². The number of hydrogen-bond donors (Lipinski definition) is 0. The summed E-state index contributed by atoms with van der Waals surface area (Å²) in [5.41, 5.74) is 3.90. The van der Waals surface area contributed by atoms with E-state index in [9.17, 15) is 0 Å². The second-order valence-electron chi connectivity index (χ2n) is 7.36. The van der Waals surface area contributed by atoms with E-state index < -0.39 is 0 Å². The zero-order chi connectivity index (χ0) is 17.4. The van der Waals surface area contributed by atoms with Crippen molar-refractivity contribution in [2.24, 2.45) is 0 Å². The molecule has 0 unspecified atom stereocenters. The molecule has 0 bridgehead atoms. The van der Waals surface area contributed by atoms with Crippen molar-refractivity contribution in [3.63, 3.8) is 0 Å². The lowest BCUT2D eigenvalue weighted by Crippen LogP contribution is -2.41. The number of benzene rings is 2. The van der Waals surface area contributed by atoms with Crippen molar-refractivity contribution in [3.05, 3.63) is 71.8 Å². The molecule has 0 N–H and O–H groups in total. The minimum Gasteiger partial charge on any atom is -0.399 e. The van der Waals surface area contributed by atoms with Gasteiger partial charge in [0.05, 0.1) is 11.2 Å². The summed E-state index contributed by atoms with van der Waals surface area (Å²) < 4.78 is 12.7. The summed E-state index contributed by atoms with van der Waals surface area (Å²) in [5, 5.41) is 0. The first-order chi connectivity index (χ1) is 11.3. The van der Waals surface area contributed by atoms with E-state index in [0.717, 1.165) is 11.0 Å². The molecule has 3 rings (SSSR count). The molecule has 1 saturated heterocycles. The lowest BCUT2D eigenvalue weighted by molar-refractivity contribution is 0.00578. The first-order valence-corrected chi connectivity index (χ1v) is 8.49. The van der Waals surface area contributed by atoms with Crippen LogP contribution in [-0.2, 0) is 9.31 Å². The Hall–Kier alpha value is -1.84. The molecule has 0 aliphatic carbocycles. The smallest absolute Gasteiger partial charge is 0.399 e. The topological polar surface area (TPSA) is 18.5 Å². The van der Waals surface area contributed by atoms with Crippen LogP contribution in [0.4, 0.5) is 0 Å². The average molecular weight is 320 g/mol. The van der Waals surface area contributed by atoms with Crippen molar-refractivity contribution < 1.29 is 9.31 Å². The van der Waals surface area contributed by atoms with Gasteiger partial charge in [-0.3, -0.25) is 0 Å². The van der Waals surface area contributed by atoms with Crippen molar-refractivity contribution in [1.29, 1.82) is 0 Å². The van der Waals surface area contributed by atoms with Gasteiger partial charge in [-0.1, -0.05) is 60.7 Å². The average Bonchev–Trinajstić information content (AvgIpc) is 2.77. The Bertz CT molecular complexity index is 717. The highest BCUT2D eigenvalue weighted by Crippen LogP contribution is 2.42. The first kappa shape index (κ1) is 17.0. The molecule has 0 atom stereocenters. The molecule has 1 aliphatic heterocycles. The van der Waals surface area contributed by atoms with Crippen molar-refractivity contribution >= 4 is 18.2 Å². The van der Waals surface area contributed by atoms with E-state index in [1.807, 2.05) is 12.1 Å². The molecule has 0 saturated carbocycles. The van der Waals surface area contributed by atoms with E-state index in [4.69, 9.17) is 9.31 Å². The van der Waals surface area contributed by atoms with Gasteiger partial charge >= 0.3 is 7.12 Å². The van der Waals surface area contributed by atoms with Crippen LogP contribution >= 0.6 is 0 Å². The van der Waals surface area contributed by atoms with Crippen LogP contribution in [0, 0.1) is 0 Å². The Labute approximate surface area is 145 Å². The van der Waals surface area contributed by atoms with Crippen LogP contribution in [-0.4, -0.2) is 18.3 Å². The molecular weight excluding hydrogens is 295 g/mol. The lowest BCUT2D eigenvalue weighted by Gasteiger charge is -2.32. The van der Waals surface area contributed by atoms with Crippen molar-refractivity contribution in [1.82, 2.24) is 0 Å². The third-order valence-corrected chi connectivity index (χ3v) is 5.18. The number of allylic oxidation sites excluding steroid dienone is 1. The van der Waals surface area contributed by atoms with Gasteiger partial charge in [0.25, 0.3) is 0 Å². The van der Waals surface area contributed by atoms with Crippen LogP contribution in [0.5, 0.6) is 0 Å². The molecule has 0 aromatic heterocycles. The molecular formula is C21H25BO2. The zero-order valence-electron chi connectivity index (χ0n) is 15.2. The van der Waals surface area contributed by atoms with E-state index in [2.05, 4.69) is 83.1 Å². The number of hydrogen-bond acceptors (Lipinski definition) is 2. The largest absolute Gasteiger partial charge is 0.495 e. The van der Waals surface area contributed by atoms with Gasteiger partial charge in [0.15, 0.2) is 0 Å². The molecule has 0 spiro atoms. The fraction of sp³-hybridized carbons (Fsp3) is 0.333. The van der Waals surface area contributed by atoms with Gasteiger partial charge in [-0.15, -0.1) is 0 Å². The standard InChI is InChI=1S/C21H25BO2/c1-16(17-12-8-6-9-13-17)19(18-14-10-7-11-15-18)22-23-20(2,3)21(4,5)24-22/h6-15H,1-5H3/b19-16-. The van der Waals surface area contributed by atoms with Gasteiger partial charge in [-0.2, -0.15) is 0 Å². The predicted molar refractivity (Wildman–Crippen MR) is 101 cm³/mol. The maximum atomic E-state index is 6.34. The SMILES string of the molecule is C/C(=C(/B1OC(C)(C)C(C)(C)O1)c1ccccc1)c1ccccc1. The van der Waals surface area contributed by atoms with Crippen LogP contribution < -0.4 is 0 Å². The van der Waals surface area contributed by atoms with Crippen LogP contribution in [0.1, 0.15) is 45.7 Å². The monoisotopic (exact) mass is 320 g/mol. The molecule has 2 aromatic carbocycles. The van der Waals surface area contributed by atoms with Crippen molar-refractivity contribution in [2.75, 3.05) is 0 Å². The Kier molecular flexibility index (Phi) is 4.41. The summed E-state index contributed by atoms with van der Waals surface area (Å²) >= 11 is 0. The van der Waals surface area contributed by atoms with E-state index in [0.29, 0.717) is 0 Å². The number of rotatable bonds is 3. The second-order valence-corrected chi connectivity index (χ2v) is 7.36. The summed E-state index contributed by atoms with van der Waals surface area (Å²) in [6.07, 6.45) is 0.